The molecule has 0 amide bonds. The van der Waals surface area contributed by atoms with Crippen LogP contribution in [-0.2, 0) is 6.42 Å². The molecule has 0 radical (unpaired) electrons. The minimum absolute atomic E-state index is 0.554. The Morgan fingerprint density at radius 1 is 1.16 bits per heavy atom. The van der Waals surface area contributed by atoms with Gasteiger partial charge in [-0.2, -0.15) is 0 Å². The average Bonchev–Trinajstić information content (AvgIpc) is 2.45. The summed E-state index contributed by atoms with van der Waals surface area (Å²) in [5, 5.41) is 3.73. The van der Waals surface area contributed by atoms with E-state index in [1.165, 1.54) is 36.8 Å². The van der Waals surface area contributed by atoms with E-state index in [4.69, 9.17) is 0 Å². The van der Waals surface area contributed by atoms with Gasteiger partial charge in [0.1, 0.15) is 0 Å². The first-order valence-electron chi connectivity index (χ1n) is 8.06. The van der Waals surface area contributed by atoms with E-state index in [2.05, 4.69) is 50.4 Å². The highest BCUT2D eigenvalue weighted by atomic mass is 14.9. The molecule has 3 atom stereocenters. The molecule has 0 bridgehead atoms. The van der Waals surface area contributed by atoms with Crippen LogP contribution >= 0.6 is 0 Å². The molecule has 0 saturated heterocycles. The second-order valence-electron chi connectivity index (χ2n) is 6.16. The van der Waals surface area contributed by atoms with Crippen LogP contribution < -0.4 is 5.32 Å². The Bertz CT molecular complexity index is 368. The highest BCUT2D eigenvalue weighted by Gasteiger charge is 2.27. The monoisotopic (exact) mass is 259 g/mol. The lowest BCUT2D eigenvalue weighted by atomic mass is 9.76. The van der Waals surface area contributed by atoms with Crippen LogP contribution in [0.2, 0.25) is 0 Å². The Balaban J connectivity index is 2.13. The van der Waals surface area contributed by atoms with Crippen LogP contribution in [0.25, 0.3) is 0 Å². The van der Waals surface area contributed by atoms with Gasteiger partial charge in [0, 0.05) is 6.04 Å². The zero-order valence-corrected chi connectivity index (χ0v) is 12.8. The van der Waals surface area contributed by atoms with Gasteiger partial charge in [0.05, 0.1) is 0 Å². The lowest BCUT2D eigenvalue weighted by molar-refractivity contribution is 0.225. The predicted molar refractivity (Wildman–Crippen MR) is 83.4 cm³/mol. The van der Waals surface area contributed by atoms with Crippen molar-refractivity contribution in [1.29, 1.82) is 0 Å². The Morgan fingerprint density at radius 3 is 2.47 bits per heavy atom. The Morgan fingerprint density at radius 2 is 1.89 bits per heavy atom. The second-order valence-corrected chi connectivity index (χ2v) is 6.16. The van der Waals surface area contributed by atoms with Gasteiger partial charge < -0.3 is 5.32 Å². The van der Waals surface area contributed by atoms with Crippen LogP contribution in [0.15, 0.2) is 24.3 Å². The van der Waals surface area contributed by atoms with Gasteiger partial charge in [0.2, 0.25) is 0 Å². The first-order valence-corrected chi connectivity index (χ1v) is 8.06. The van der Waals surface area contributed by atoms with Crippen LogP contribution in [0.5, 0.6) is 0 Å². The van der Waals surface area contributed by atoms with E-state index in [9.17, 15) is 0 Å². The van der Waals surface area contributed by atoms with Gasteiger partial charge in [-0.15, -0.1) is 0 Å². The van der Waals surface area contributed by atoms with E-state index < -0.39 is 0 Å². The van der Waals surface area contributed by atoms with Crippen molar-refractivity contribution in [2.45, 2.75) is 58.9 Å². The van der Waals surface area contributed by atoms with Gasteiger partial charge in [0.25, 0.3) is 0 Å². The molecule has 1 N–H and O–H groups in total. The molecule has 0 aromatic heterocycles. The molecule has 2 rings (SSSR count). The Hall–Kier alpha value is -0.820. The smallest absolute Gasteiger partial charge is 0.0348 e. The fourth-order valence-corrected chi connectivity index (χ4v) is 3.52. The van der Waals surface area contributed by atoms with Crippen LogP contribution in [-0.4, -0.2) is 6.54 Å². The third kappa shape index (κ3) is 3.82. The zero-order chi connectivity index (χ0) is 13.7. The highest BCUT2D eigenvalue weighted by molar-refractivity contribution is 5.25. The van der Waals surface area contributed by atoms with E-state index in [1.807, 2.05) is 0 Å². The van der Waals surface area contributed by atoms with Gasteiger partial charge >= 0.3 is 0 Å². The summed E-state index contributed by atoms with van der Waals surface area (Å²) < 4.78 is 0. The first kappa shape index (κ1) is 14.6. The number of hydrogen-bond acceptors (Lipinski definition) is 1. The fraction of sp³-hybridized carbons (Fsp3) is 0.667. The third-order valence-corrected chi connectivity index (χ3v) is 4.62. The lowest BCUT2D eigenvalue weighted by Crippen LogP contribution is -2.31. The maximum absolute atomic E-state index is 3.73. The van der Waals surface area contributed by atoms with Crippen LogP contribution in [0, 0.1) is 11.8 Å². The molecule has 0 aliphatic heterocycles. The molecule has 1 aliphatic carbocycles. The van der Waals surface area contributed by atoms with Crippen molar-refractivity contribution in [3.63, 3.8) is 0 Å². The summed E-state index contributed by atoms with van der Waals surface area (Å²) in [7, 11) is 0. The lowest BCUT2D eigenvalue weighted by Gasteiger charge is -2.34. The molecule has 19 heavy (non-hydrogen) atoms. The summed E-state index contributed by atoms with van der Waals surface area (Å²) in [4.78, 5) is 0. The van der Waals surface area contributed by atoms with Gasteiger partial charge in [-0.05, 0) is 48.8 Å². The standard InChI is InChI=1S/C18H29N/c1-4-15-9-11-16(12-10-15)18(19-5-2)17-8-6-7-14(3)13-17/h9-12,14,17-19H,4-8,13H2,1-3H3. The number of hydrogen-bond donors (Lipinski definition) is 1. The molecule has 1 aromatic carbocycles. The van der Waals surface area contributed by atoms with Gasteiger partial charge in [-0.25, -0.2) is 0 Å². The van der Waals surface area contributed by atoms with Crippen molar-refractivity contribution in [2.75, 3.05) is 6.54 Å². The average molecular weight is 259 g/mol. The summed E-state index contributed by atoms with van der Waals surface area (Å²) in [6, 6.07) is 9.83. The zero-order valence-electron chi connectivity index (χ0n) is 12.8. The van der Waals surface area contributed by atoms with Crippen molar-refractivity contribution in [3.05, 3.63) is 35.4 Å². The number of aryl methyl sites for hydroxylation is 1. The molecule has 0 heterocycles. The first-order chi connectivity index (χ1) is 9.24. The molecular formula is C18H29N. The maximum Gasteiger partial charge on any atom is 0.0348 e. The SMILES string of the molecule is CCNC(c1ccc(CC)cc1)C1CCCC(C)C1. The van der Waals surface area contributed by atoms with Crippen molar-refractivity contribution < 1.29 is 0 Å². The highest BCUT2D eigenvalue weighted by Crippen LogP contribution is 2.37. The Kier molecular flexibility index (Phi) is 5.45. The molecule has 3 unspecified atom stereocenters. The molecule has 1 saturated carbocycles. The largest absolute Gasteiger partial charge is 0.310 e. The predicted octanol–water partition coefficient (Wildman–Crippen LogP) is 4.73. The van der Waals surface area contributed by atoms with E-state index in [0.29, 0.717) is 6.04 Å². The van der Waals surface area contributed by atoms with Crippen molar-refractivity contribution in [2.24, 2.45) is 11.8 Å². The van der Waals surface area contributed by atoms with Gasteiger partial charge in [-0.3, -0.25) is 0 Å². The number of nitrogens with one attached hydrogen (secondary N) is 1. The topological polar surface area (TPSA) is 12.0 Å². The minimum Gasteiger partial charge on any atom is -0.310 e. The molecule has 1 aromatic rings. The van der Waals surface area contributed by atoms with Crippen molar-refractivity contribution in [1.82, 2.24) is 5.32 Å². The van der Waals surface area contributed by atoms with Crippen LogP contribution in [0.4, 0.5) is 0 Å². The van der Waals surface area contributed by atoms with Gasteiger partial charge in [0.15, 0.2) is 0 Å². The molecule has 0 spiro atoms. The van der Waals surface area contributed by atoms with E-state index in [0.717, 1.165) is 24.8 Å². The van der Waals surface area contributed by atoms with Crippen LogP contribution in [0.1, 0.15) is 63.6 Å². The molecular weight excluding hydrogens is 230 g/mol. The van der Waals surface area contributed by atoms with Gasteiger partial charge in [-0.1, -0.05) is 57.9 Å². The number of benzene rings is 1. The van der Waals surface area contributed by atoms with Crippen molar-refractivity contribution >= 4 is 0 Å². The third-order valence-electron chi connectivity index (χ3n) is 4.62. The summed E-state index contributed by atoms with van der Waals surface area (Å²) in [5.41, 5.74) is 2.93. The quantitative estimate of drug-likeness (QED) is 0.806. The fourth-order valence-electron chi connectivity index (χ4n) is 3.52. The molecule has 106 valence electrons. The minimum atomic E-state index is 0.554. The van der Waals surface area contributed by atoms with Crippen LogP contribution in [0.3, 0.4) is 0 Å². The maximum atomic E-state index is 3.73. The molecule has 1 aliphatic rings. The van der Waals surface area contributed by atoms with E-state index in [1.54, 1.807) is 0 Å². The molecule has 1 heteroatoms. The summed E-state index contributed by atoms with van der Waals surface area (Å²) >= 11 is 0. The van der Waals surface area contributed by atoms with E-state index in [-0.39, 0.29) is 0 Å². The summed E-state index contributed by atoms with van der Waals surface area (Å²) in [6.07, 6.45) is 6.72. The second kappa shape index (κ2) is 7.09. The normalized spacial score (nSPS) is 25.2. The summed E-state index contributed by atoms with van der Waals surface area (Å²) in [6.45, 7) is 7.92. The molecule has 1 nitrogen and oxygen atoms in total. The number of rotatable bonds is 5. The molecule has 1 fully saturated rings. The van der Waals surface area contributed by atoms with E-state index >= 15 is 0 Å². The summed E-state index contributed by atoms with van der Waals surface area (Å²) in [5.74, 6) is 1.71. The Labute approximate surface area is 118 Å². The van der Waals surface area contributed by atoms with Crippen molar-refractivity contribution in [3.8, 4) is 0 Å².